The first-order chi connectivity index (χ1) is 51.8. The molecule has 0 aliphatic heterocycles. The van der Waals surface area contributed by atoms with E-state index in [2.05, 4.69) is 208 Å². The van der Waals surface area contributed by atoms with Crippen molar-refractivity contribution in [3.8, 4) is 89.5 Å². The van der Waals surface area contributed by atoms with Gasteiger partial charge in [-0.05, 0) is 242 Å². The lowest BCUT2D eigenvalue weighted by Gasteiger charge is -2.14. The minimum absolute atomic E-state index is 0.142. The van der Waals surface area contributed by atoms with Crippen LogP contribution in [0.3, 0.4) is 0 Å². The molecule has 4 nitrogen and oxygen atoms in total. The predicted molar refractivity (Wildman–Crippen MR) is 427 cm³/mol. The van der Waals surface area contributed by atoms with Gasteiger partial charge in [-0.15, -0.1) is 0 Å². The molecule has 0 saturated carbocycles. The van der Waals surface area contributed by atoms with Crippen LogP contribution in [0.15, 0.2) is 219 Å². The Morgan fingerprint density at radius 1 is 0.240 bits per heavy atom. The second-order valence-corrected chi connectivity index (χ2v) is 28.4. The first-order valence-electron chi connectivity index (χ1n) is 40.6. The topological polar surface area (TPSA) is 15.5 Å². The van der Waals surface area contributed by atoms with Crippen molar-refractivity contribution >= 4 is 0 Å². The van der Waals surface area contributed by atoms with Crippen molar-refractivity contribution in [3.05, 3.63) is 308 Å². The van der Waals surface area contributed by atoms with Crippen LogP contribution in [0.1, 0.15) is 183 Å². The Hall–Kier alpha value is -9.64. The van der Waals surface area contributed by atoms with E-state index < -0.39 is 32.3 Å². The monoisotopic (exact) mass is 1330 g/mol. The lowest BCUT2D eigenvalue weighted by molar-refractivity contribution is -0.661. The van der Waals surface area contributed by atoms with Crippen LogP contribution >= 0.6 is 0 Å². The van der Waals surface area contributed by atoms with E-state index in [1.165, 1.54) is 89.3 Å². The normalized spacial score (nSPS) is 13.4. The SMILES string of the molecule is Cc1cc(C)c(-c2cc(C(C)C)c(C)c[n+]2C)cc1-c1ccccc1.Cc1cc(C)c(-c2cc(C)c(C(C)C)c[n+]2C)cc1-c1ccccc1.[2H]C([2H])([2H])c1cc(C)c(-c2cc(C([2H])(C)C)c(C([2H])([2H])[2H])c[n+]2C)cc1-c1ccccc1.[2H]C([2H])([2H])c1cc(C)c(-c2cc(C)c(C([2H])(C)C)c[n+]2C)cc1-c1ccccc1. The van der Waals surface area contributed by atoms with Crippen LogP contribution in [0.25, 0.3) is 89.5 Å². The first-order valence-corrected chi connectivity index (χ1v) is 35.1. The summed E-state index contributed by atoms with van der Waals surface area (Å²) in [6.07, 6.45) is 8.12. The third-order valence-electron chi connectivity index (χ3n) is 19.4. The zero-order valence-electron chi connectivity index (χ0n) is 74.2. The summed E-state index contributed by atoms with van der Waals surface area (Å²) in [4.78, 5) is 0. The minimum atomic E-state index is -2.35. The Morgan fingerprint density at radius 2 is 0.500 bits per heavy atom. The standard InChI is InChI=1S/4C24H28N/c2*1-16(2)21-14-24(25(6)15-19(21)5)23-13-22(17(3)12-18(23)4)20-10-8-7-9-11-20;2*1-16(2)23-15-25(6)24(13-19(23)5)22-14-21(17(3)12-18(22)4)20-10-8-7-9-11-20/h4*7-16H,1-6H3/q4*+1/i3D3,5D3,16D;;3D3,16D;. The highest BCUT2D eigenvalue weighted by molar-refractivity contribution is 5.80. The maximum atomic E-state index is 8.54. The maximum absolute atomic E-state index is 8.54. The van der Waals surface area contributed by atoms with Gasteiger partial charge >= 0.3 is 0 Å². The molecule has 0 spiro atoms. The molecule has 12 aromatic rings. The minimum Gasteiger partial charge on any atom is -0.201 e. The van der Waals surface area contributed by atoms with Crippen molar-refractivity contribution in [2.45, 2.75) is 162 Å². The van der Waals surface area contributed by atoms with Crippen LogP contribution in [-0.4, -0.2) is 0 Å². The van der Waals surface area contributed by atoms with E-state index >= 15 is 0 Å². The molecule has 100 heavy (non-hydrogen) atoms. The van der Waals surface area contributed by atoms with Gasteiger partial charge in [0, 0.05) is 83.9 Å². The van der Waals surface area contributed by atoms with Crippen molar-refractivity contribution in [2.75, 3.05) is 0 Å². The summed E-state index contributed by atoms with van der Waals surface area (Å²) >= 11 is 0. The van der Waals surface area contributed by atoms with Crippen LogP contribution < -0.4 is 18.3 Å². The molecule has 0 atom stereocenters. The third-order valence-corrected chi connectivity index (χ3v) is 19.4. The largest absolute Gasteiger partial charge is 0.212 e. The van der Waals surface area contributed by atoms with Crippen LogP contribution in [-0.2, 0) is 28.2 Å². The molecule has 0 aliphatic rings. The van der Waals surface area contributed by atoms with Crippen molar-refractivity contribution in [3.63, 3.8) is 0 Å². The van der Waals surface area contributed by atoms with Gasteiger partial charge in [0.1, 0.15) is 28.2 Å². The zero-order chi connectivity index (χ0) is 81.9. The number of hydrogen-bond acceptors (Lipinski definition) is 0. The van der Waals surface area contributed by atoms with Crippen molar-refractivity contribution in [2.24, 2.45) is 28.2 Å². The summed E-state index contributed by atoms with van der Waals surface area (Å²) in [5.41, 5.74) is 32.7. The fraction of sp³-hybridized carbons (Fsp3) is 0.292. The fourth-order valence-corrected chi connectivity index (χ4v) is 14.0. The molecule has 0 fully saturated rings. The number of pyridine rings is 4. The van der Waals surface area contributed by atoms with Gasteiger partial charge in [-0.3, -0.25) is 0 Å². The highest BCUT2D eigenvalue weighted by atomic mass is 14.9. The molecule has 4 aromatic heterocycles. The Balaban J connectivity index is 0.000000171. The zero-order valence-corrected chi connectivity index (χ0v) is 63.2. The number of nitrogens with zero attached hydrogens (tertiary/aromatic N) is 4. The van der Waals surface area contributed by atoms with Gasteiger partial charge in [0.05, 0.1) is 0 Å². The van der Waals surface area contributed by atoms with Crippen LogP contribution in [0.4, 0.5) is 0 Å². The molecule has 0 aliphatic carbocycles. The summed E-state index contributed by atoms with van der Waals surface area (Å²) in [6, 6.07) is 65.6. The van der Waals surface area contributed by atoms with Crippen molar-refractivity contribution < 1.29 is 33.3 Å². The Kier molecular flexibility index (Phi) is 19.6. The van der Waals surface area contributed by atoms with Crippen LogP contribution in [0, 0.1) is 82.9 Å². The quantitative estimate of drug-likeness (QED) is 0.108. The van der Waals surface area contributed by atoms with E-state index in [1.807, 2.05) is 125 Å². The van der Waals surface area contributed by atoms with E-state index in [-0.39, 0.29) is 11.1 Å². The van der Waals surface area contributed by atoms with Crippen molar-refractivity contribution in [1.29, 1.82) is 0 Å². The average molecular weight is 1330 g/mol. The summed E-state index contributed by atoms with van der Waals surface area (Å²) in [7, 11) is 8.05. The molecule has 12 rings (SSSR count). The van der Waals surface area contributed by atoms with Crippen LogP contribution in [0.5, 0.6) is 0 Å². The molecule has 4 heterocycles. The molecule has 8 aromatic carbocycles. The van der Waals surface area contributed by atoms with Gasteiger partial charge in [0.2, 0.25) is 22.8 Å². The molecule has 0 N–H and O–H groups in total. The fourth-order valence-electron chi connectivity index (χ4n) is 14.0. The number of benzene rings is 8. The molecular weight excluding hydrogens is 1210 g/mol. The third kappa shape index (κ3) is 17.1. The van der Waals surface area contributed by atoms with E-state index in [9.17, 15) is 0 Å². The summed E-state index contributed by atoms with van der Waals surface area (Å²) in [5, 5.41) is 0. The summed E-state index contributed by atoms with van der Waals surface area (Å²) < 4.78 is 97.1. The Labute approximate surface area is 617 Å². The molecule has 0 unspecified atom stereocenters. The maximum Gasteiger partial charge on any atom is 0.212 e. The average Bonchev–Trinajstić information content (AvgIpc) is 0.765. The number of rotatable bonds is 12. The molecule has 0 bridgehead atoms. The van der Waals surface area contributed by atoms with Crippen molar-refractivity contribution in [1.82, 2.24) is 0 Å². The van der Waals surface area contributed by atoms with E-state index in [1.54, 1.807) is 49.9 Å². The Bertz CT molecular complexity index is 5330. The molecule has 0 saturated heterocycles. The van der Waals surface area contributed by atoms with Gasteiger partial charge in [0.25, 0.3) is 0 Å². The lowest BCUT2D eigenvalue weighted by atomic mass is 9.91. The molecule has 0 radical (unpaired) electrons. The molecule has 4 heteroatoms. The van der Waals surface area contributed by atoms with Crippen LogP contribution in [0.2, 0.25) is 0 Å². The summed E-state index contributed by atoms with van der Waals surface area (Å²) in [5.74, 6) is -0.740. The number of aryl methyl sites for hydroxylation is 16. The number of aromatic nitrogens is 4. The molecule has 512 valence electrons. The number of hydrogen-bond donors (Lipinski definition) is 0. The van der Waals surface area contributed by atoms with Gasteiger partial charge in [-0.25, -0.2) is 18.3 Å². The van der Waals surface area contributed by atoms with E-state index in [0.717, 1.165) is 61.5 Å². The Morgan fingerprint density at radius 3 is 0.820 bits per heavy atom. The van der Waals surface area contributed by atoms with E-state index in [4.69, 9.17) is 15.1 Å². The highest BCUT2D eigenvalue weighted by Crippen LogP contribution is 2.38. The van der Waals surface area contributed by atoms with Gasteiger partial charge < -0.3 is 0 Å². The van der Waals surface area contributed by atoms with Gasteiger partial charge in [-0.1, -0.05) is 201 Å². The highest BCUT2D eigenvalue weighted by Gasteiger charge is 2.24. The second-order valence-electron chi connectivity index (χ2n) is 28.4. The molecular formula is C96H112N4+4. The van der Waals surface area contributed by atoms with Gasteiger partial charge in [-0.2, -0.15) is 0 Å². The smallest absolute Gasteiger partial charge is 0.201 e. The predicted octanol–water partition coefficient (Wildman–Crippen LogP) is 23.6. The molecule has 0 amide bonds. The lowest BCUT2D eigenvalue weighted by Crippen LogP contribution is -2.32. The first kappa shape index (κ1) is 60.3. The van der Waals surface area contributed by atoms with Gasteiger partial charge in [0.15, 0.2) is 24.8 Å². The van der Waals surface area contributed by atoms with E-state index in [0.29, 0.717) is 28.5 Å². The second kappa shape index (κ2) is 32.6. The summed E-state index contributed by atoms with van der Waals surface area (Å²) in [6.45, 7) is 28.4.